The molecule has 0 bridgehead atoms. The van der Waals surface area contributed by atoms with Crippen molar-refractivity contribution in [2.75, 3.05) is 6.54 Å². The normalized spacial score (nSPS) is 12.9. The second-order valence-electron chi connectivity index (χ2n) is 2.59. The molecule has 0 saturated carbocycles. The topological polar surface area (TPSA) is 49.3 Å². The molecule has 11 heavy (non-hydrogen) atoms. The van der Waals surface area contributed by atoms with E-state index in [4.69, 9.17) is 5.11 Å². The molecule has 1 atom stereocenters. The first-order valence-corrected chi connectivity index (χ1v) is 4.18. The third-order valence-electron chi connectivity index (χ3n) is 1.59. The van der Waals surface area contributed by atoms with Gasteiger partial charge in [-0.15, -0.1) is 0 Å². The highest BCUT2D eigenvalue weighted by Crippen LogP contribution is 1.99. The van der Waals surface area contributed by atoms with Crippen LogP contribution in [0.15, 0.2) is 0 Å². The van der Waals surface area contributed by atoms with Crippen LogP contribution in [0.2, 0.25) is 0 Å². The molecule has 0 spiro atoms. The lowest BCUT2D eigenvalue weighted by molar-refractivity contribution is -0.139. The summed E-state index contributed by atoms with van der Waals surface area (Å²) in [6.07, 6.45) is 2.76. The fourth-order valence-electron chi connectivity index (χ4n) is 0.967. The molecule has 3 heteroatoms. The van der Waals surface area contributed by atoms with E-state index in [1.807, 2.05) is 6.92 Å². The van der Waals surface area contributed by atoms with Crippen LogP contribution >= 0.6 is 0 Å². The number of carboxylic acid groups (broad SMARTS) is 1. The first-order chi connectivity index (χ1) is 5.22. The van der Waals surface area contributed by atoms with E-state index in [0.29, 0.717) is 0 Å². The standard InChI is InChI=1S/C8H17NO2/c1-3-5-6-7(8(10)11)9-4-2/h7,9H,3-6H2,1-2H3,(H,10,11)/t7-/m1/s1. The van der Waals surface area contributed by atoms with E-state index in [1.165, 1.54) is 0 Å². The van der Waals surface area contributed by atoms with Crippen LogP contribution in [0.1, 0.15) is 33.1 Å². The van der Waals surface area contributed by atoms with Gasteiger partial charge in [0.2, 0.25) is 0 Å². The summed E-state index contributed by atoms with van der Waals surface area (Å²) in [6.45, 7) is 4.70. The van der Waals surface area contributed by atoms with Gasteiger partial charge in [0.05, 0.1) is 0 Å². The summed E-state index contributed by atoms with van der Waals surface area (Å²) in [5, 5.41) is 11.6. The van der Waals surface area contributed by atoms with E-state index >= 15 is 0 Å². The van der Waals surface area contributed by atoms with Crippen LogP contribution < -0.4 is 5.32 Å². The first kappa shape index (κ1) is 10.4. The minimum atomic E-state index is -0.736. The van der Waals surface area contributed by atoms with E-state index in [1.54, 1.807) is 0 Å². The summed E-state index contributed by atoms with van der Waals surface area (Å²) in [6, 6.07) is -0.347. The monoisotopic (exact) mass is 159 g/mol. The Kier molecular flexibility index (Phi) is 5.84. The molecule has 0 fully saturated rings. The molecule has 3 nitrogen and oxygen atoms in total. The Hall–Kier alpha value is -0.570. The van der Waals surface area contributed by atoms with Gasteiger partial charge in [0.15, 0.2) is 0 Å². The number of nitrogens with one attached hydrogen (secondary N) is 1. The Morgan fingerprint density at radius 2 is 2.18 bits per heavy atom. The number of aliphatic carboxylic acids is 1. The molecule has 0 saturated heterocycles. The maximum Gasteiger partial charge on any atom is 0.320 e. The average molecular weight is 159 g/mol. The molecule has 0 rings (SSSR count). The van der Waals surface area contributed by atoms with Crippen molar-refractivity contribution in [3.05, 3.63) is 0 Å². The maximum atomic E-state index is 10.5. The SMILES string of the molecule is CCCC[C@@H](NCC)C(=O)O. The highest BCUT2D eigenvalue weighted by molar-refractivity contribution is 5.73. The third kappa shape index (κ3) is 4.79. The van der Waals surface area contributed by atoms with Crippen LogP contribution in [-0.4, -0.2) is 23.7 Å². The Morgan fingerprint density at radius 3 is 2.55 bits per heavy atom. The van der Waals surface area contributed by atoms with Crippen LogP contribution in [-0.2, 0) is 4.79 Å². The molecule has 0 aliphatic heterocycles. The lowest BCUT2D eigenvalue weighted by atomic mass is 10.1. The molecule has 0 aliphatic rings. The van der Waals surface area contributed by atoms with Crippen LogP contribution in [0.25, 0.3) is 0 Å². The molecular formula is C8H17NO2. The molecule has 0 aromatic carbocycles. The van der Waals surface area contributed by atoms with Gasteiger partial charge in [-0.2, -0.15) is 0 Å². The van der Waals surface area contributed by atoms with Gasteiger partial charge in [0.25, 0.3) is 0 Å². The van der Waals surface area contributed by atoms with E-state index in [-0.39, 0.29) is 6.04 Å². The van der Waals surface area contributed by atoms with Crippen molar-refractivity contribution in [1.29, 1.82) is 0 Å². The van der Waals surface area contributed by atoms with Gasteiger partial charge in [-0.1, -0.05) is 26.7 Å². The predicted molar refractivity (Wildman–Crippen MR) is 44.6 cm³/mol. The summed E-state index contributed by atoms with van der Waals surface area (Å²) in [5.74, 6) is -0.736. The zero-order valence-electron chi connectivity index (χ0n) is 7.26. The van der Waals surface area contributed by atoms with Crippen LogP contribution in [0, 0.1) is 0 Å². The van der Waals surface area contributed by atoms with Gasteiger partial charge >= 0.3 is 5.97 Å². The fraction of sp³-hybridized carbons (Fsp3) is 0.875. The first-order valence-electron chi connectivity index (χ1n) is 4.18. The van der Waals surface area contributed by atoms with Gasteiger partial charge < -0.3 is 10.4 Å². The zero-order chi connectivity index (χ0) is 8.69. The Labute approximate surface area is 67.8 Å². The molecule has 0 unspecified atom stereocenters. The fourth-order valence-corrected chi connectivity index (χ4v) is 0.967. The minimum absolute atomic E-state index is 0.347. The lowest BCUT2D eigenvalue weighted by Gasteiger charge is -2.11. The van der Waals surface area contributed by atoms with Gasteiger partial charge in [-0.25, -0.2) is 0 Å². The molecular weight excluding hydrogens is 142 g/mol. The van der Waals surface area contributed by atoms with Crippen molar-refractivity contribution in [1.82, 2.24) is 5.32 Å². The molecule has 2 N–H and O–H groups in total. The quantitative estimate of drug-likeness (QED) is 0.613. The minimum Gasteiger partial charge on any atom is -0.480 e. The summed E-state index contributed by atoms with van der Waals surface area (Å²) in [5.41, 5.74) is 0. The zero-order valence-corrected chi connectivity index (χ0v) is 7.26. The third-order valence-corrected chi connectivity index (χ3v) is 1.59. The number of carbonyl (C=O) groups is 1. The predicted octanol–water partition coefficient (Wildman–Crippen LogP) is 1.24. The highest BCUT2D eigenvalue weighted by Gasteiger charge is 2.13. The average Bonchev–Trinajstić information content (AvgIpc) is 1.97. The summed E-state index contributed by atoms with van der Waals surface area (Å²) < 4.78 is 0. The van der Waals surface area contributed by atoms with E-state index in [0.717, 1.165) is 25.8 Å². The van der Waals surface area contributed by atoms with Crippen molar-refractivity contribution in [3.63, 3.8) is 0 Å². The molecule has 0 aromatic heterocycles. The Bertz CT molecular complexity index is 115. The Balaban J connectivity index is 3.60. The van der Waals surface area contributed by atoms with Crippen LogP contribution in [0.4, 0.5) is 0 Å². The summed E-state index contributed by atoms with van der Waals surface area (Å²) >= 11 is 0. The number of hydrogen-bond acceptors (Lipinski definition) is 2. The van der Waals surface area contributed by atoms with Crippen molar-refractivity contribution in [3.8, 4) is 0 Å². The molecule has 0 radical (unpaired) electrons. The Morgan fingerprint density at radius 1 is 1.55 bits per heavy atom. The number of hydrogen-bond donors (Lipinski definition) is 2. The van der Waals surface area contributed by atoms with E-state index in [9.17, 15) is 4.79 Å². The second kappa shape index (κ2) is 6.16. The van der Waals surface area contributed by atoms with Crippen molar-refractivity contribution in [2.45, 2.75) is 39.2 Å². The largest absolute Gasteiger partial charge is 0.480 e. The smallest absolute Gasteiger partial charge is 0.320 e. The van der Waals surface area contributed by atoms with Gasteiger partial charge in [0, 0.05) is 0 Å². The van der Waals surface area contributed by atoms with Crippen LogP contribution in [0.3, 0.4) is 0 Å². The van der Waals surface area contributed by atoms with Crippen molar-refractivity contribution >= 4 is 5.97 Å². The van der Waals surface area contributed by atoms with Crippen molar-refractivity contribution < 1.29 is 9.90 Å². The van der Waals surface area contributed by atoms with Crippen molar-refractivity contribution in [2.24, 2.45) is 0 Å². The lowest BCUT2D eigenvalue weighted by Crippen LogP contribution is -2.36. The number of carboxylic acids is 1. The second-order valence-corrected chi connectivity index (χ2v) is 2.59. The maximum absolute atomic E-state index is 10.5. The van der Waals surface area contributed by atoms with Gasteiger partial charge in [-0.3, -0.25) is 4.79 Å². The summed E-state index contributed by atoms with van der Waals surface area (Å²) in [7, 11) is 0. The molecule has 66 valence electrons. The van der Waals surface area contributed by atoms with Gasteiger partial charge in [-0.05, 0) is 13.0 Å². The number of unbranched alkanes of at least 4 members (excludes halogenated alkanes) is 1. The molecule has 0 aromatic rings. The van der Waals surface area contributed by atoms with E-state index in [2.05, 4.69) is 12.2 Å². The molecule has 0 aliphatic carbocycles. The number of rotatable bonds is 6. The number of likely N-dealkylation sites (N-methyl/N-ethyl adjacent to an activating group) is 1. The van der Waals surface area contributed by atoms with Crippen LogP contribution in [0.5, 0.6) is 0 Å². The van der Waals surface area contributed by atoms with Gasteiger partial charge in [0.1, 0.15) is 6.04 Å². The summed E-state index contributed by atoms with van der Waals surface area (Å²) in [4.78, 5) is 10.5. The highest BCUT2D eigenvalue weighted by atomic mass is 16.4. The molecule has 0 heterocycles. The van der Waals surface area contributed by atoms with E-state index < -0.39 is 5.97 Å². The molecule has 0 amide bonds.